The molecule has 0 spiro atoms. The SMILES string of the molecule is COC(=O)CC(c1cnn(C)c1)c1oc(CSc2ccccc2F)cc(=O)c1O. The van der Waals surface area contributed by atoms with Crippen molar-refractivity contribution in [3.8, 4) is 5.75 Å². The number of rotatable bonds is 7. The number of aromatic nitrogens is 2. The van der Waals surface area contributed by atoms with Crippen LogP contribution >= 0.6 is 11.8 Å². The normalized spacial score (nSPS) is 12.0. The second-order valence-corrected chi connectivity index (χ2v) is 7.31. The first-order valence-corrected chi connectivity index (χ1v) is 9.66. The molecule has 2 aromatic heterocycles. The number of aromatic hydroxyl groups is 1. The number of thioether (sulfide) groups is 1. The van der Waals surface area contributed by atoms with Crippen molar-refractivity contribution in [2.24, 2.45) is 7.05 Å². The van der Waals surface area contributed by atoms with Gasteiger partial charge in [-0.1, -0.05) is 12.1 Å². The minimum absolute atomic E-state index is 0.0555. The molecule has 1 atom stereocenters. The maximum atomic E-state index is 13.8. The summed E-state index contributed by atoms with van der Waals surface area (Å²) in [5, 5.41) is 14.4. The first-order chi connectivity index (χ1) is 13.9. The molecule has 2 heterocycles. The van der Waals surface area contributed by atoms with Gasteiger partial charge in [-0.25, -0.2) is 4.39 Å². The highest BCUT2D eigenvalue weighted by Crippen LogP contribution is 2.34. The fourth-order valence-electron chi connectivity index (χ4n) is 2.81. The Morgan fingerprint density at radius 3 is 2.83 bits per heavy atom. The average molecular weight is 418 g/mol. The molecule has 0 aliphatic carbocycles. The molecular formula is C20H19FN2O5S. The molecule has 3 rings (SSSR count). The van der Waals surface area contributed by atoms with Gasteiger partial charge in [-0.05, 0) is 12.1 Å². The largest absolute Gasteiger partial charge is 0.502 e. The molecular weight excluding hydrogens is 399 g/mol. The van der Waals surface area contributed by atoms with Gasteiger partial charge in [0.15, 0.2) is 5.76 Å². The van der Waals surface area contributed by atoms with Crippen LogP contribution in [0.15, 0.2) is 56.8 Å². The molecule has 0 bridgehead atoms. The van der Waals surface area contributed by atoms with E-state index in [4.69, 9.17) is 9.15 Å². The maximum Gasteiger partial charge on any atom is 0.306 e. The Labute approximate surface area is 170 Å². The van der Waals surface area contributed by atoms with Crippen LogP contribution in [0.25, 0.3) is 0 Å². The van der Waals surface area contributed by atoms with E-state index in [1.165, 1.54) is 24.1 Å². The molecule has 0 fully saturated rings. The number of methoxy groups -OCH3 is 1. The summed E-state index contributed by atoms with van der Waals surface area (Å²) in [7, 11) is 2.95. The zero-order valence-corrected chi connectivity index (χ0v) is 16.6. The molecule has 1 aromatic carbocycles. The minimum Gasteiger partial charge on any atom is -0.502 e. The third-order valence-corrected chi connectivity index (χ3v) is 5.32. The monoisotopic (exact) mass is 418 g/mol. The van der Waals surface area contributed by atoms with Crippen molar-refractivity contribution >= 4 is 17.7 Å². The van der Waals surface area contributed by atoms with Crippen molar-refractivity contribution in [3.63, 3.8) is 0 Å². The van der Waals surface area contributed by atoms with Gasteiger partial charge >= 0.3 is 5.97 Å². The van der Waals surface area contributed by atoms with E-state index in [1.54, 1.807) is 31.4 Å². The molecule has 152 valence electrons. The highest BCUT2D eigenvalue weighted by Gasteiger charge is 2.27. The average Bonchev–Trinajstić information content (AvgIpc) is 3.14. The molecule has 0 aliphatic rings. The fraction of sp³-hybridized carbons (Fsp3) is 0.250. The summed E-state index contributed by atoms with van der Waals surface area (Å²) in [5.41, 5.74) is -0.0654. The third-order valence-electron chi connectivity index (χ3n) is 4.25. The summed E-state index contributed by atoms with van der Waals surface area (Å²) in [4.78, 5) is 24.6. The van der Waals surface area contributed by atoms with E-state index in [0.29, 0.717) is 10.5 Å². The van der Waals surface area contributed by atoms with Crippen molar-refractivity contribution in [1.29, 1.82) is 0 Å². The standard InChI is InChI=1S/C20H19FN2O5S/c1-23-10-12(9-22-23)14(8-18(25)27-2)20-19(26)16(24)7-13(28-20)11-29-17-6-4-3-5-15(17)21/h3-7,9-10,14,26H,8,11H2,1-2H3. The molecule has 3 aromatic rings. The second-order valence-electron chi connectivity index (χ2n) is 6.29. The van der Waals surface area contributed by atoms with E-state index in [-0.39, 0.29) is 29.5 Å². The number of esters is 1. The van der Waals surface area contributed by atoms with Gasteiger partial charge in [-0.2, -0.15) is 5.10 Å². The van der Waals surface area contributed by atoms with E-state index in [1.807, 2.05) is 0 Å². The number of nitrogens with zero attached hydrogens (tertiary/aromatic N) is 2. The lowest BCUT2D eigenvalue weighted by molar-refractivity contribution is -0.140. The number of carbonyl (C=O) groups excluding carboxylic acids is 1. The van der Waals surface area contributed by atoms with Crippen LogP contribution in [-0.2, 0) is 22.3 Å². The molecule has 0 radical (unpaired) electrons. The quantitative estimate of drug-likeness (QED) is 0.465. The summed E-state index contributed by atoms with van der Waals surface area (Å²) in [6.07, 6.45) is 3.03. The van der Waals surface area contributed by atoms with E-state index >= 15 is 0 Å². The number of ether oxygens (including phenoxy) is 1. The van der Waals surface area contributed by atoms with Gasteiger partial charge in [0.05, 0.1) is 31.4 Å². The first kappa shape index (κ1) is 20.7. The Bertz CT molecular complexity index is 1080. The Kier molecular flexibility index (Phi) is 6.38. The van der Waals surface area contributed by atoms with Crippen LogP contribution in [0.2, 0.25) is 0 Å². The first-order valence-electron chi connectivity index (χ1n) is 8.67. The van der Waals surface area contributed by atoms with Gasteiger partial charge in [0.1, 0.15) is 11.6 Å². The van der Waals surface area contributed by atoms with Gasteiger partial charge in [0.25, 0.3) is 0 Å². The van der Waals surface area contributed by atoms with Crippen LogP contribution in [-0.4, -0.2) is 28.0 Å². The molecule has 0 saturated heterocycles. The fourth-order valence-corrected chi connectivity index (χ4v) is 3.63. The van der Waals surface area contributed by atoms with Crippen molar-refractivity contribution in [2.75, 3.05) is 7.11 Å². The second kappa shape index (κ2) is 8.95. The third kappa shape index (κ3) is 4.86. The van der Waals surface area contributed by atoms with Crippen molar-refractivity contribution < 1.29 is 23.4 Å². The van der Waals surface area contributed by atoms with Crippen LogP contribution < -0.4 is 5.43 Å². The summed E-state index contributed by atoms with van der Waals surface area (Å²) in [6.45, 7) is 0. The van der Waals surface area contributed by atoms with Crippen LogP contribution in [0.1, 0.15) is 29.4 Å². The highest BCUT2D eigenvalue weighted by atomic mass is 32.2. The summed E-state index contributed by atoms with van der Waals surface area (Å²) in [5.74, 6) is -1.90. The van der Waals surface area contributed by atoms with Gasteiger partial charge in [-0.15, -0.1) is 11.8 Å². The lowest BCUT2D eigenvalue weighted by Crippen LogP contribution is -2.13. The van der Waals surface area contributed by atoms with Crippen LogP contribution in [0.5, 0.6) is 5.75 Å². The number of carbonyl (C=O) groups is 1. The van der Waals surface area contributed by atoms with Gasteiger partial charge in [0, 0.05) is 29.8 Å². The molecule has 9 heteroatoms. The van der Waals surface area contributed by atoms with Crippen molar-refractivity contribution in [2.45, 2.75) is 23.0 Å². The summed E-state index contributed by atoms with van der Waals surface area (Å²) >= 11 is 1.16. The lowest BCUT2D eigenvalue weighted by Gasteiger charge is -2.15. The molecule has 7 nitrogen and oxygen atoms in total. The Morgan fingerprint density at radius 1 is 1.41 bits per heavy atom. The number of benzene rings is 1. The predicted molar refractivity (Wildman–Crippen MR) is 104 cm³/mol. The van der Waals surface area contributed by atoms with E-state index in [9.17, 15) is 19.1 Å². The molecule has 0 saturated carbocycles. The lowest BCUT2D eigenvalue weighted by atomic mass is 9.95. The Morgan fingerprint density at radius 2 is 2.17 bits per heavy atom. The zero-order chi connectivity index (χ0) is 21.0. The van der Waals surface area contributed by atoms with Crippen LogP contribution in [0, 0.1) is 5.82 Å². The van der Waals surface area contributed by atoms with Gasteiger partial charge < -0.3 is 14.3 Å². The van der Waals surface area contributed by atoms with Crippen LogP contribution in [0.3, 0.4) is 0 Å². The van der Waals surface area contributed by atoms with Crippen LogP contribution in [0.4, 0.5) is 4.39 Å². The summed E-state index contributed by atoms with van der Waals surface area (Å²) < 4.78 is 25.9. The Hall–Kier alpha value is -3.07. The smallest absolute Gasteiger partial charge is 0.306 e. The molecule has 1 N–H and O–H groups in total. The number of halogens is 1. The van der Waals surface area contributed by atoms with E-state index < -0.39 is 23.1 Å². The molecule has 1 unspecified atom stereocenters. The molecule has 0 amide bonds. The van der Waals surface area contributed by atoms with E-state index in [0.717, 1.165) is 17.8 Å². The number of hydrogen-bond acceptors (Lipinski definition) is 7. The number of hydrogen-bond donors (Lipinski definition) is 1. The van der Waals surface area contributed by atoms with Gasteiger partial charge in [0.2, 0.25) is 11.2 Å². The minimum atomic E-state index is -0.762. The highest BCUT2D eigenvalue weighted by molar-refractivity contribution is 7.98. The topological polar surface area (TPSA) is 94.6 Å². The molecule has 0 aliphatic heterocycles. The van der Waals surface area contributed by atoms with Crippen molar-refractivity contribution in [1.82, 2.24) is 9.78 Å². The zero-order valence-electron chi connectivity index (χ0n) is 15.8. The predicted octanol–water partition coefficient (Wildman–Crippen LogP) is 3.21. The maximum absolute atomic E-state index is 13.8. The van der Waals surface area contributed by atoms with Gasteiger partial charge in [-0.3, -0.25) is 14.3 Å². The van der Waals surface area contributed by atoms with E-state index in [2.05, 4.69) is 5.10 Å². The Balaban J connectivity index is 1.96. The molecule has 29 heavy (non-hydrogen) atoms. The van der Waals surface area contributed by atoms with Crippen molar-refractivity contribution in [3.05, 3.63) is 75.9 Å². The summed E-state index contributed by atoms with van der Waals surface area (Å²) in [6, 6.07) is 7.41. The number of aryl methyl sites for hydroxylation is 1.